The molecule has 1 aliphatic rings. The van der Waals surface area contributed by atoms with Crippen LogP contribution in [0.1, 0.15) is 16.7 Å². The smallest absolute Gasteiger partial charge is 0.417 e. The Bertz CT molecular complexity index is 868. The number of rotatable bonds is 5. The van der Waals surface area contributed by atoms with Gasteiger partial charge in [0.05, 0.1) is 38.5 Å². The van der Waals surface area contributed by atoms with Gasteiger partial charge < -0.3 is 18.9 Å². The summed E-state index contributed by atoms with van der Waals surface area (Å²) in [5, 5.41) is -0.306. The van der Waals surface area contributed by atoms with E-state index in [4.69, 9.17) is 30.5 Å². The largest absolute Gasteiger partial charge is 0.493 e. The second-order valence-electron chi connectivity index (χ2n) is 6.52. The van der Waals surface area contributed by atoms with E-state index >= 15 is 0 Å². The van der Waals surface area contributed by atoms with Gasteiger partial charge in [0.25, 0.3) is 0 Å². The minimum atomic E-state index is -4.49. The van der Waals surface area contributed by atoms with Gasteiger partial charge in [-0.15, -0.1) is 0 Å². The molecule has 1 unspecified atom stereocenters. The van der Waals surface area contributed by atoms with Crippen LogP contribution in [0.5, 0.6) is 23.0 Å². The molecule has 2 aromatic rings. The molecule has 1 aliphatic heterocycles. The van der Waals surface area contributed by atoms with Crippen LogP contribution in [0, 0.1) is 5.92 Å². The summed E-state index contributed by atoms with van der Waals surface area (Å²) in [5.41, 5.74) is 0.530. The number of fused-ring (bicyclic) bond motifs is 1. The molecule has 0 bridgehead atoms. The highest BCUT2D eigenvalue weighted by Crippen LogP contribution is 2.47. The molecule has 0 N–H and O–H groups in total. The molecular formula is C20H20ClF3O4. The molecule has 0 aliphatic carbocycles. The molecule has 0 aromatic heterocycles. The van der Waals surface area contributed by atoms with Crippen LogP contribution in [0.25, 0.3) is 0 Å². The second-order valence-corrected chi connectivity index (χ2v) is 6.93. The maximum Gasteiger partial charge on any atom is 0.417 e. The van der Waals surface area contributed by atoms with Gasteiger partial charge in [-0.1, -0.05) is 17.7 Å². The third-order valence-electron chi connectivity index (χ3n) is 4.72. The van der Waals surface area contributed by atoms with E-state index in [1.54, 1.807) is 12.1 Å². The summed E-state index contributed by atoms with van der Waals surface area (Å²) in [6.45, 7) is 0.371. The second kappa shape index (κ2) is 7.99. The van der Waals surface area contributed by atoms with Crippen LogP contribution in [0.15, 0.2) is 24.3 Å². The van der Waals surface area contributed by atoms with Crippen molar-refractivity contribution in [3.63, 3.8) is 0 Å². The lowest BCUT2D eigenvalue weighted by Crippen LogP contribution is -2.24. The highest BCUT2D eigenvalue weighted by molar-refractivity contribution is 6.31. The predicted octanol–water partition coefficient (Wildman–Crippen LogP) is 5.18. The van der Waals surface area contributed by atoms with Gasteiger partial charge >= 0.3 is 6.18 Å². The van der Waals surface area contributed by atoms with Gasteiger partial charge in [0, 0.05) is 17.5 Å². The van der Waals surface area contributed by atoms with Gasteiger partial charge in [-0.3, -0.25) is 0 Å². The lowest BCUT2D eigenvalue weighted by Gasteiger charge is -2.28. The van der Waals surface area contributed by atoms with Crippen LogP contribution in [-0.4, -0.2) is 27.9 Å². The zero-order valence-corrected chi connectivity index (χ0v) is 16.4. The minimum absolute atomic E-state index is 0.0261. The maximum absolute atomic E-state index is 13.1. The fraction of sp³-hybridized carbons (Fsp3) is 0.400. The first-order valence-electron chi connectivity index (χ1n) is 8.58. The molecule has 0 amide bonds. The highest BCUT2D eigenvalue weighted by atomic mass is 35.5. The lowest BCUT2D eigenvalue weighted by molar-refractivity contribution is -0.137. The molecule has 0 spiro atoms. The Labute approximate surface area is 166 Å². The number of benzene rings is 2. The first-order valence-corrected chi connectivity index (χ1v) is 8.96. The molecule has 1 heterocycles. The predicted molar refractivity (Wildman–Crippen MR) is 98.9 cm³/mol. The Morgan fingerprint density at radius 3 is 2.39 bits per heavy atom. The van der Waals surface area contributed by atoms with Gasteiger partial charge in [-0.25, -0.2) is 0 Å². The van der Waals surface area contributed by atoms with E-state index in [2.05, 4.69) is 0 Å². The zero-order chi connectivity index (χ0) is 20.5. The van der Waals surface area contributed by atoms with Crippen molar-refractivity contribution >= 4 is 11.6 Å². The summed E-state index contributed by atoms with van der Waals surface area (Å²) in [6.07, 6.45) is -3.50. The Kier molecular flexibility index (Phi) is 5.84. The number of halogens is 4. The van der Waals surface area contributed by atoms with Crippen LogP contribution in [0.3, 0.4) is 0 Å². The van der Waals surface area contributed by atoms with E-state index in [0.717, 1.165) is 11.6 Å². The molecule has 3 rings (SSSR count). The van der Waals surface area contributed by atoms with Crippen LogP contribution in [0.4, 0.5) is 13.2 Å². The van der Waals surface area contributed by atoms with Crippen LogP contribution in [-0.2, 0) is 19.0 Å². The quantitative estimate of drug-likeness (QED) is 0.673. The number of hydrogen-bond donors (Lipinski definition) is 0. The fourth-order valence-corrected chi connectivity index (χ4v) is 3.68. The van der Waals surface area contributed by atoms with E-state index in [0.29, 0.717) is 48.0 Å². The molecule has 0 saturated heterocycles. The summed E-state index contributed by atoms with van der Waals surface area (Å²) in [6, 6.07) is 5.73. The summed E-state index contributed by atoms with van der Waals surface area (Å²) in [4.78, 5) is 0. The summed E-state index contributed by atoms with van der Waals surface area (Å²) in [5.74, 6) is 2.05. The van der Waals surface area contributed by atoms with Crippen molar-refractivity contribution in [3.8, 4) is 23.0 Å². The Morgan fingerprint density at radius 2 is 1.79 bits per heavy atom. The van der Waals surface area contributed by atoms with E-state index in [-0.39, 0.29) is 10.9 Å². The summed E-state index contributed by atoms with van der Waals surface area (Å²) >= 11 is 5.71. The average Bonchev–Trinajstić information content (AvgIpc) is 2.66. The molecule has 28 heavy (non-hydrogen) atoms. The van der Waals surface area contributed by atoms with Crippen molar-refractivity contribution in [2.45, 2.75) is 19.0 Å². The minimum Gasteiger partial charge on any atom is -0.493 e. The fourth-order valence-electron chi connectivity index (χ4n) is 3.45. The first kappa shape index (κ1) is 20.5. The highest BCUT2D eigenvalue weighted by Gasteiger charge is 2.34. The molecule has 0 fully saturated rings. The van der Waals surface area contributed by atoms with Crippen molar-refractivity contribution in [2.75, 3.05) is 27.9 Å². The van der Waals surface area contributed by atoms with E-state index in [9.17, 15) is 13.2 Å². The molecule has 4 nitrogen and oxygen atoms in total. The van der Waals surface area contributed by atoms with Crippen LogP contribution in [0.2, 0.25) is 5.02 Å². The van der Waals surface area contributed by atoms with Gasteiger partial charge in [0.2, 0.25) is 5.75 Å². The monoisotopic (exact) mass is 416 g/mol. The normalized spacial score (nSPS) is 16.2. The Morgan fingerprint density at radius 1 is 1.07 bits per heavy atom. The lowest BCUT2D eigenvalue weighted by atomic mass is 9.89. The molecule has 152 valence electrons. The number of alkyl halides is 3. The number of ether oxygens (including phenoxy) is 4. The average molecular weight is 417 g/mol. The molecule has 1 atom stereocenters. The third-order valence-corrected chi connectivity index (χ3v) is 5.05. The topological polar surface area (TPSA) is 36.9 Å². The summed E-state index contributed by atoms with van der Waals surface area (Å²) < 4.78 is 61.4. The molecule has 0 radical (unpaired) electrons. The van der Waals surface area contributed by atoms with Crippen molar-refractivity contribution in [1.29, 1.82) is 0 Å². The zero-order valence-electron chi connectivity index (χ0n) is 15.7. The SMILES string of the molecule is COc1cc2c(c(OC)c1OC)CC(Cc1ccc(Cl)c(C(F)(F)F)c1)CO2. The Hall–Kier alpha value is -2.28. The molecule has 0 saturated carbocycles. The van der Waals surface area contributed by atoms with Crippen molar-refractivity contribution in [1.82, 2.24) is 0 Å². The van der Waals surface area contributed by atoms with E-state index in [1.807, 2.05) is 0 Å². The maximum atomic E-state index is 13.1. The summed E-state index contributed by atoms with van der Waals surface area (Å²) in [7, 11) is 4.56. The number of hydrogen-bond acceptors (Lipinski definition) is 4. The molecule has 2 aromatic carbocycles. The van der Waals surface area contributed by atoms with Crippen molar-refractivity contribution < 1.29 is 32.1 Å². The van der Waals surface area contributed by atoms with Crippen molar-refractivity contribution in [3.05, 3.63) is 46.0 Å². The van der Waals surface area contributed by atoms with E-state index in [1.165, 1.54) is 27.4 Å². The Balaban J connectivity index is 1.88. The van der Waals surface area contributed by atoms with Gasteiger partial charge in [0.15, 0.2) is 11.5 Å². The first-order chi connectivity index (χ1) is 13.3. The van der Waals surface area contributed by atoms with E-state index < -0.39 is 11.7 Å². The third kappa shape index (κ3) is 3.94. The van der Waals surface area contributed by atoms with Gasteiger partial charge in [0.1, 0.15) is 5.75 Å². The standard InChI is InChI=1S/C20H20ClF3O4/c1-25-17-9-16-13(18(26-2)19(17)27-3)7-12(10-28-16)6-11-4-5-15(21)14(8-11)20(22,23)24/h4-5,8-9,12H,6-7,10H2,1-3H3. The van der Waals surface area contributed by atoms with Crippen LogP contribution >= 0.6 is 11.6 Å². The number of methoxy groups -OCH3 is 3. The van der Waals surface area contributed by atoms with Gasteiger partial charge in [-0.2, -0.15) is 13.2 Å². The molecular weight excluding hydrogens is 397 g/mol. The molecule has 8 heteroatoms. The van der Waals surface area contributed by atoms with Crippen LogP contribution < -0.4 is 18.9 Å². The van der Waals surface area contributed by atoms with Crippen molar-refractivity contribution in [2.24, 2.45) is 5.92 Å². The van der Waals surface area contributed by atoms with Gasteiger partial charge in [-0.05, 0) is 30.5 Å².